The Morgan fingerprint density at radius 2 is 2.00 bits per heavy atom. The Labute approximate surface area is 102 Å². The molecule has 2 aliphatic rings. The lowest BCUT2D eigenvalue weighted by atomic mass is 9.93. The number of nitrogens with one attached hydrogen (secondary N) is 1. The molecule has 2 heterocycles. The Bertz CT molecular complexity index is 332. The molecule has 0 aliphatic carbocycles. The quantitative estimate of drug-likeness (QED) is 0.671. The molecule has 0 spiro atoms. The molecule has 3 atom stereocenters. The molecule has 96 valence electrons. The van der Waals surface area contributed by atoms with E-state index in [2.05, 4.69) is 24.2 Å². The average molecular weight is 239 g/mol. The van der Waals surface area contributed by atoms with Crippen LogP contribution < -0.4 is 5.32 Å². The fourth-order valence-electron chi connectivity index (χ4n) is 2.75. The van der Waals surface area contributed by atoms with Crippen LogP contribution in [0.25, 0.3) is 0 Å². The number of nitrogens with zero attached hydrogens (tertiary/aromatic N) is 2. The minimum absolute atomic E-state index is 0.0759. The van der Waals surface area contributed by atoms with Gasteiger partial charge in [0.25, 0.3) is 0 Å². The monoisotopic (exact) mass is 239 g/mol. The van der Waals surface area contributed by atoms with Crippen LogP contribution in [0.5, 0.6) is 0 Å². The SMILES string of the molecule is CC1CN(C)CCC1NC1CC(=O)N(C)C1=O. The van der Waals surface area contributed by atoms with E-state index >= 15 is 0 Å². The minimum atomic E-state index is -0.302. The zero-order valence-electron chi connectivity index (χ0n) is 10.8. The number of hydrogen-bond donors (Lipinski definition) is 1. The molecule has 2 saturated heterocycles. The second-order valence-corrected chi connectivity index (χ2v) is 5.35. The van der Waals surface area contributed by atoms with Crippen LogP contribution >= 0.6 is 0 Å². The molecule has 0 radical (unpaired) electrons. The van der Waals surface area contributed by atoms with Crippen molar-refractivity contribution < 1.29 is 9.59 Å². The van der Waals surface area contributed by atoms with E-state index in [0.717, 1.165) is 19.5 Å². The molecule has 2 aliphatic heterocycles. The Hall–Kier alpha value is -0.940. The van der Waals surface area contributed by atoms with E-state index in [0.29, 0.717) is 18.4 Å². The van der Waals surface area contributed by atoms with Gasteiger partial charge in [0.15, 0.2) is 0 Å². The van der Waals surface area contributed by atoms with Crippen molar-refractivity contribution in [3.05, 3.63) is 0 Å². The van der Waals surface area contributed by atoms with E-state index in [1.54, 1.807) is 7.05 Å². The van der Waals surface area contributed by atoms with Gasteiger partial charge >= 0.3 is 0 Å². The Kier molecular flexibility index (Phi) is 3.49. The van der Waals surface area contributed by atoms with E-state index in [1.165, 1.54) is 4.90 Å². The number of amides is 2. The van der Waals surface area contributed by atoms with Crippen molar-refractivity contribution in [1.82, 2.24) is 15.1 Å². The van der Waals surface area contributed by atoms with Crippen LogP contribution in [0.2, 0.25) is 0 Å². The van der Waals surface area contributed by atoms with Crippen molar-refractivity contribution in [3.8, 4) is 0 Å². The van der Waals surface area contributed by atoms with Crippen LogP contribution in [0.3, 0.4) is 0 Å². The van der Waals surface area contributed by atoms with Gasteiger partial charge in [-0.05, 0) is 25.9 Å². The Morgan fingerprint density at radius 3 is 2.53 bits per heavy atom. The first kappa shape index (κ1) is 12.5. The number of carbonyl (C=O) groups excluding carboxylic acids is 2. The van der Waals surface area contributed by atoms with Crippen LogP contribution in [0.15, 0.2) is 0 Å². The molecule has 0 aromatic heterocycles. The van der Waals surface area contributed by atoms with Gasteiger partial charge in [-0.3, -0.25) is 14.5 Å². The summed E-state index contributed by atoms with van der Waals surface area (Å²) in [5.74, 6) is 0.358. The third kappa shape index (κ3) is 2.50. The summed E-state index contributed by atoms with van der Waals surface area (Å²) >= 11 is 0. The second-order valence-electron chi connectivity index (χ2n) is 5.35. The van der Waals surface area contributed by atoms with Gasteiger partial charge in [0.1, 0.15) is 0 Å². The summed E-state index contributed by atoms with van der Waals surface area (Å²) in [5.41, 5.74) is 0. The van der Waals surface area contributed by atoms with E-state index in [1.807, 2.05) is 0 Å². The van der Waals surface area contributed by atoms with Crippen molar-refractivity contribution in [2.75, 3.05) is 27.2 Å². The summed E-state index contributed by atoms with van der Waals surface area (Å²) in [4.78, 5) is 26.8. The van der Waals surface area contributed by atoms with Crippen LogP contribution in [0, 0.1) is 5.92 Å². The van der Waals surface area contributed by atoms with Crippen LogP contribution in [0.1, 0.15) is 19.8 Å². The maximum atomic E-state index is 11.8. The van der Waals surface area contributed by atoms with E-state index in [4.69, 9.17) is 0 Å². The van der Waals surface area contributed by atoms with Gasteiger partial charge < -0.3 is 10.2 Å². The van der Waals surface area contributed by atoms with Gasteiger partial charge in [0.05, 0.1) is 12.5 Å². The summed E-state index contributed by atoms with van der Waals surface area (Å²) < 4.78 is 0. The normalized spacial score (nSPS) is 35.7. The summed E-state index contributed by atoms with van der Waals surface area (Å²) in [6, 6.07) is 0.0443. The van der Waals surface area contributed by atoms with Crippen molar-refractivity contribution in [1.29, 1.82) is 0 Å². The largest absolute Gasteiger partial charge is 0.306 e. The lowest BCUT2D eigenvalue weighted by molar-refractivity contribution is -0.137. The van der Waals surface area contributed by atoms with Gasteiger partial charge in [-0.15, -0.1) is 0 Å². The van der Waals surface area contributed by atoms with Gasteiger partial charge in [0.2, 0.25) is 11.8 Å². The van der Waals surface area contributed by atoms with Crippen molar-refractivity contribution in [3.63, 3.8) is 0 Å². The van der Waals surface area contributed by atoms with Gasteiger partial charge in [-0.1, -0.05) is 6.92 Å². The molecule has 2 rings (SSSR count). The van der Waals surface area contributed by atoms with E-state index in [9.17, 15) is 9.59 Å². The van der Waals surface area contributed by atoms with Crippen molar-refractivity contribution in [2.45, 2.75) is 31.8 Å². The molecule has 5 heteroatoms. The molecule has 3 unspecified atom stereocenters. The third-order valence-corrected chi connectivity index (χ3v) is 3.91. The number of likely N-dealkylation sites (tertiary alicyclic amines) is 2. The third-order valence-electron chi connectivity index (χ3n) is 3.91. The summed E-state index contributed by atoms with van der Waals surface area (Å²) in [5, 5.41) is 3.36. The number of carbonyl (C=O) groups is 2. The fourth-order valence-corrected chi connectivity index (χ4v) is 2.75. The number of imide groups is 1. The zero-order chi connectivity index (χ0) is 12.6. The van der Waals surface area contributed by atoms with Crippen molar-refractivity contribution in [2.24, 2.45) is 5.92 Å². The topological polar surface area (TPSA) is 52.7 Å². The summed E-state index contributed by atoms with van der Waals surface area (Å²) in [6.07, 6.45) is 1.35. The zero-order valence-corrected chi connectivity index (χ0v) is 10.8. The molecule has 2 amide bonds. The molecule has 1 N–H and O–H groups in total. The lowest BCUT2D eigenvalue weighted by Gasteiger charge is -2.36. The van der Waals surface area contributed by atoms with Gasteiger partial charge in [0, 0.05) is 19.6 Å². The first-order valence-electron chi connectivity index (χ1n) is 6.24. The highest BCUT2D eigenvalue weighted by Crippen LogP contribution is 2.19. The van der Waals surface area contributed by atoms with Crippen LogP contribution in [-0.2, 0) is 9.59 Å². The highest BCUT2D eigenvalue weighted by molar-refractivity contribution is 6.05. The molecule has 0 aromatic rings. The first-order valence-corrected chi connectivity index (χ1v) is 6.24. The first-order chi connectivity index (χ1) is 7.99. The highest BCUT2D eigenvalue weighted by atomic mass is 16.2. The smallest absolute Gasteiger partial charge is 0.246 e. The number of hydrogen-bond acceptors (Lipinski definition) is 4. The minimum Gasteiger partial charge on any atom is -0.306 e. The molecule has 0 bridgehead atoms. The predicted octanol–water partition coefficient (Wildman–Crippen LogP) is -0.326. The fraction of sp³-hybridized carbons (Fsp3) is 0.833. The van der Waals surface area contributed by atoms with E-state index < -0.39 is 0 Å². The highest BCUT2D eigenvalue weighted by Gasteiger charge is 2.38. The van der Waals surface area contributed by atoms with Gasteiger partial charge in [-0.2, -0.15) is 0 Å². The summed E-state index contributed by atoms with van der Waals surface area (Å²) in [6.45, 7) is 4.29. The Balaban J connectivity index is 1.93. The average Bonchev–Trinajstić information content (AvgIpc) is 2.50. The maximum absolute atomic E-state index is 11.8. The maximum Gasteiger partial charge on any atom is 0.246 e. The molecule has 17 heavy (non-hydrogen) atoms. The molecular formula is C12H21N3O2. The van der Waals surface area contributed by atoms with Crippen LogP contribution in [-0.4, -0.2) is 60.9 Å². The molecular weight excluding hydrogens is 218 g/mol. The molecule has 5 nitrogen and oxygen atoms in total. The second kappa shape index (κ2) is 4.74. The number of piperidine rings is 1. The summed E-state index contributed by atoms with van der Waals surface area (Å²) in [7, 11) is 3.68. The lowest BCUT2D eigenvalue weighted by Crippen LogP contribution is -2.51. The standard InChI is InChI=1S/C12H21N3O2/c1-8-7-14(2)5-4-9(8)13-10-6-11(16)15(3)12(10)17/h8-10,13H,4-7H2,1-3H3. The predicted molar refractivity (Wildman–Crippen MR) is 64.4 cm³/mol. The van der Waals surface area contributed by atoms with E-state index in [-0.39, 0.29) is 17.9 Å². The van der Waals surface area contributed by atoms with Crippen LogP contribution in [0.4, 0.5) is 0 Å². The molecule has 0 saturated carbocycles. The number of likely N-dealkylation sites (N-methyl/N-ethyl adjacent to an activating group) is 1. The van der Waals surface area contributed by atoms with Gasteiger partial charge in [-0.25, -0.2) is 0 Å². The number of rotatable bonds is 2. The molecule has 0 aromatic carbocycles. The Morgan fingerprint density at radius 1 is 1.29 bits per heavy atom. The van der Waals surface area contributed by atoms with Crippen molar-refractivity contribution >= 4 is 11.8 Å². The molecule has 2 fully saturated rings.